The van der Waals surface area contributed by atoms with Crippen LogP contribution in [0.1, 0.15) is 25.8 Å². The van der Waals surface area contributed by atoms with Crippen LogP contribution in [0.4, 0.5) is 4.39 Å². The Balaban J connectivity index is 1.92. The van der Waals surface area contributed by atoms with E-state index in [1.165, 1.54) is 12.5 Å². The maximum Gasteiger partial charge on any atom is 0.142 e. The molecule has 0 spiro atoms. The molecule has 0 bridgehead atoms. The number of halogens is 2. The first kappa shape index (κ1) is 10.9. The van der Waals surface area contributed by atoms with Gasteiger partial charge in [-0.25, -0.2) is 4.39 Å². The van der Waals surface area contributed by atoms with Crippen LogP contribution in [-0.4, -0.2) is 6.04 Å². The van der Waals surface area contributed by atoms with Crippen molar-refractivity contribution in [3.05, 3.63) is 34.6 Å². The Morgan fingerprint density at radius 1 is 1.53 bits per heavy atom. The first-order chi connectivity index (χ1) is 6.99. The highest BCUT2D eigenvalue weighted by molar-refractivity contribution is 6.30. The van der Waals surface area contributed by atoms with Crippen LogP contribution in [-0.2, 0) is 6.54 Å². The van der Waals surface area contributed by atoms with E-state index in [4.69, 9.17) is 11.6 Å². The molecule has 1 nitrogen and oxygen atoms in total. The smallest absolute Gasteiger partial charge is 0.142 e. The van der Waals surface area contributed by atoms with Gasteiger partial charge in [-0.2, -0.15) is 0 Å². The number of hydrogen-bond donors (Lipinski definition) is 1. The van der Waals surface area contributed by atoms with E-state index in [9.17, 15) is 4.39 Å². The molecule has 1 fully saturated rings. The molecule has 1 saturated carbocycles. The van der Waals surface area contributed by atoms with Gasteiger partial charge in [-0.3, -0.25) is 0 Å². The fourth-order valence-corrected chi connectivity index (χ4v) is 1.82. The van der Waals surface area contributed by atoms with E-state index < -0.39 is 0 Å². The molecule has 1 aromatic rings. The molecular weight excluding hydrogens is 213 g/mol. The van der Waals surface area contributed by atoms with Gasteiger partial charge in [0.15, 0.2) is 0 Å². The van der Waals surface area contributed by atoms with Crippen LogP contribution in [0.5, 0.6) is 0 Å². The van der Waals surface area contributed by atoms with Gasteiger partial charge >= 0.3 is 0 Å². The van der Waals surface area contributed by atoms with Crippen LogP contribution in [0.2, 0.25) is 5.02 Å². The number of hydrogen-bond acceptors (Lipinski definition) is 1. The van der Waals surface area contributed by atoms with Crippen molar-refractivity contribution in [2.45, 2.75) is 32.9 Å². The van der Waals surface area contributed by atoms with Gasteiger partial charge in [-0.05, 0) is 29.5 Å². The van der Waals surface area contributed by atoms with Gasteiger partial charge < -0.3 is 5.32 Å². The van der Waals surface area contributed by atoms with Crippen molar-refractivity contribution < 1.29 is 4.39 Å². The monoisotopic (exact) mass is 227 g/mol. The van der Waals surface area contributed by atoms with Crippen LogP contribution in [0, 0.1) is 11.2 Å². The van der Waals surface area contributed by atoms with Crippen molar-refractivity contribution in [2.24, 2.45) is 5.41 Å². The van der Waals surface area contributed by atoms with Crippen molar-refractivity contribution in [1.29, 1.82) is 0 Å². The zero-order valence-corrected chi connectivity index (χ0v) is 9.74. The first-order valence-electron chi connectivity index (χ1n) is 5.16. The van der Waals surface area contributed by atoms with Crippen molar-refractivity contribution in [2.75, 3.05) is 0 Å². The third-order valence-corrected chi connectivity index (χ3v) is 3.36. The largest absolute Gasteiger partial charge is 0.309 e. The molecule has 0 amide bonds. The molecule has 2 rings (SSSR count). The summed E-state index contributed by atoms with van der Waals surface area (Å²) in [6.45, 7) is 5.17. The second-order valence-electron chi connectivity index (χ2n) is 4.87. The maximum atomic E-state index is 13.1. The van der Waals surface area contributed by atoms with Crippen LogP contribution in [0.25, 0.3) is 0 Å². The summed E-state index contributed by atoms with van der Waals surface area (Å²) in [6, 6.07) is 5.51. The molecule has 1 unspecified atom stereocenters. The average molecular weight is 228 g/mol. The highest BCUT2D eigenvalue weighted by Crippen LogP contribution is 2.44. The third-order valence-electron chi connectivity index (χ3n) is 3.05. The minimum Gasteiger partial charge on any atom is -0.309 e. The molecule has 0 radical (unpaired) electrons. The van der Waals surface area contributed by atoms with Crippen molar-refractivity contribution >= 4 is 11.6 Å². The summed E-state index contributed by atoms with van der Waals surface area (Å²) in [6.07, 6.45) is 1.20. The summed E-state index contributed by atoms with van der Waals surface area (Å²) >= 11 is 5.61. The van der Waals surface area contributed by atoms with Crippen LogP contribution < -0.4 is 5.32 Å². The fraction of sp³-hybridized carbons (Fsp3) is 0.500. The summed E-state index contributed by atoms with van der Waals surface area (Å²) in [4.78, 5) is 0. The van der Waals surface area contributed by atoms with Gasteiger partial charge in [-0.1, -0.05) is 31.5 Å². The molecule has 82 valence electrons. The van der Waals surface area contributed by atoms with Gasteiger partial charge in [0.05, 0.1) is 5.02 Å². The quantitative estimate of drug-likeness (QED) is 0.835. The molecular formula is C12H15ClFN. The van der Waals surface area contributed by atoms with E-state index in [1.54, 1.807) is 6.07 Å². The number of benzene rings is 1. The topological polar surface area (TPSA) is 12.0 Å². The van der Waals surface area contributed by atoms with Crippen molar-refractivity contribution in [3.8, 4) is 0 Å². The first-order valence-corrected chi connectivity index (χ1v) is 5.54. The molecule has 1 N–H and O–H groups in total. The van der Waals surface area contributed by atoms with Gasteiger partial charge in [-0.15, -0.1) is 0 Å². The molecule has 1 aliphatic rings. The number of nitrogens with one attached hydrogen (secondary N) is 1. The zero-order valence-electron chi connectivity index (χ0n) is 8.98. The summed E-state index contributed by atoms with van der Waals surface area (Å²) < 4.78 is 13.1. The summed E-state index contributed by atoms with van der Waals surface area (Å²) in [5, 5.41) is 3.59. The highest BCUT2D eigenvalue weighted by Gasteiger charge is 2.44. The van der Waals surface area contributed by atoms with E-state index in [2.05, 4.69) is 19.2 Å². The molecule has 1 aromatic carbocycles. The fourth-order valence-electron chi connectivity index (χ4n) is 1.71. The maximum absolute atomic E-state index is 13.1. The van der Waals surface area contributed by atoms with E-state index in [0.717, 1.165) is 5.56 Å². The number of rotatable bonds is 3. The SMILES string of the molecule is CC1(C)CC1NCc1ccc(Cl)c(F)c1. The van der Waals surface area contributed by atoms with Gasteiger partial charge in [0.2, 0.25) is 0 Å². The van der Waals surface area contributed by atoms with Gasteiger partial charge in [0, 0.05) is 12.6 Å². The molecule has 0 aliphatic heterocycles. The molecule has 15 heavy (non-hydrogen) atoms. The van der Waals surface area contributed by atoms with E-state index in [1.807, 2.05) is 6.07 Å². The molecule has 1 atom stereocenters. The lowest BCUT2D eigenvalue weighted by atomic mass is 10.2. The second-order valence-corrected chi connectivity index (χ2v) is 5.28. The predicted molar refractivity (Wildman–Crippen MR) is 60.4 cm³/mol. The summed E-state index contributed by atoms with van der Waals surface area (Å²) in [5.41, 5.74) is 1.35. The molecule has 1 aliphatic carbocycles. The Morgan fingerprint density at radius 3 is 2.73 bits per heavy atom. The molecule has 0 saturated heterocycles. The Bertz CT molecular complexity index is 376. The Morgan fingerprint density at radius 2 is 2.20 bits per heavy atom. The van der Waals surface area contributed by atoms with Gasteiger partial charge in [0.1, 0.15) is 5.82 Å². The minimum atomic E-state index is -0.342. The van der Waals surface area contributed by atoms with Gasteiger partial charge in [0.25, 0.3) is 0 Å². The van der Waals surface area contributed by atoms with E-state index in [-0.39, 0.29) is 10.8 Å². The Labute approximate surface area is 94.6 Å². The van der Waals surface area contributed by atoms with Crippen molar-refractivity contribution in [3.63, 3.8) is 0 Å². The van der Waals surface area contributed by atoms with Crippen molar-refractivity contribution in [1.82, 2.24) is 5.32 Å². The lowest BCUT2D eigenvalue weighted by molar-refractivity contribution is 0.540. The minimum absolute atomic E-state index is 0.186. The third kappa shape index (κ3) is 2.50. The Hall–Kier alpha value is -0.600. The average Bonchev–Trinajstić information content (AvgIpc) is 2.77. The Kier molecular flexibility index (Phi) is 2.73. The summed E-state index contributed by atoms with van der Waals surface area (Å²) in [7, 11) is 0. The van der Waals surface area contributed by atoms with Crippen LogP contribution in [0.3, 0.4) is 0 Å². The van der Waals surface area contributed by atoms with E-state index >= 15 is 0 Å². The zero-order chi connectivity index (χ0) is 11.1. The normalized spacial score (nSPS) is 22.8. The molecule has 0 heterocycles. The lowest BCUT2D eigenvalue weighted by Crippen LogP contribution is -2.19. The van der Waals surface area contributed by atoms with Crippen LogP contribution >= 0.6 is 11.6 Å². The predicted octanol–water partition coefficient (Wildman–Crippen LogP) is 3.37. The van der Waals surface area contributed by atoms with E-state index in [0.29, 0.717) is 18.0 Å². The van der Waals surface area contributed by atoms with Crippen LogP contribution in [0.15, 0.2) is 18.2 Å². The second kappa shape index (κ2) is 3.76. The summed E-state index contributed by atoms with van der Waals surface area (Å²) in [5.74, 6) is -0.342. The lowest BCUT2D eigenvalue weighted by Gasteiger charge is -2.07. The molecule has 3 heteroatoms. The highest BCUT2D eigenvalue weighted by atomic mass is 35.5. The standard InChI is InChI=1S/C12H15ClFN/c1-12(2)6-11(12)15-7-8-3-4-9(13)10(14)5-8/h3-5,11,15H,6-7H2,1-2H3. The molecule has 0 aromatic heterocycles.